The SMILES string of the molecule is Cc1cc(C2CCN(S(=O)(=O)[C@]3(C(=O)O)C[C@@H]4OC(C)(C)O[C@@H]4C3)CC2)ccc1-c1cccc(OCCOC(C)(C)C)n1. The summed E-state index contributed by atoms with van der Waals surface area (Å²) >= 11 is 0. The van der Waals surface area contributed by atoms with E-state index in [1.165, 1.54) is 4.31 Å². The van der Waals surface area contributed by atoms with Crippen molar-refractivity contribution in [2.24, 2.45) is 0 Å². The van der Waals surface area contributed by atoms with Crippen LogP contribution in [0.2, 0.25) is 0 Å². The van der Waals surface area contributed by atoms with E-state index in [9.17, 15) is 18.3 Å². The van der Waals surface area contributed by atoms with Crippen LogP contribution < -0.4 is 4.74 Å². The maximum absolute atomic E-state index is 13.8. The summed E-state index contributed by atoms with van der Waals surface area (Å²) in [6, 6.07) is 12.0. The summed E-state index contributed by atoms with van der Waals surface area (Å²) < 4.78 is 50.3. The molecule has 0 spiro atoms. The second-order valence-electron chi connectivity index (χ2n) is 13.3. The van der Waals surface area contributed by atoms with Crippen LogP contribution in [0.5, 0.6) is 5.88 Å². The number of hydrogen-bond acceptors (Lipinski definition) is 8. The zero-order chi connectivity index (χ0) is 31.2. The first kappa shape index (κ1) is 31.8. The minimum Gasteiger partial charge on any atom is -0.480 e. The Hall–Kier alpha value is -2.57. The van der Waals surface area contributed by atoms with Crippen LogP contribution in [0.1, 0.15) is 77.3 Å². The lowest BCUT2D eigenvalue weighted by Gasteiger charge is -2.37. The predicted octanol–water partition coefficient (Wildman–Crippen LogP) is 4.90. The van der Waals surface area contributed by atoms with Crippen molar-refractivity contribution in [3.05, 3.63) is 47.5 Å². The Labute approximate surface area is 254 Å². The summed E-state index contributed by atoms with van der Waals surface area (Å²) in [5.41, 5.74) is 3.80. The van der Waals surface area contributed by atoms with Crippen LogP contribution in [0.25, 0.3) is 11.3 Å². The van der Waals surface area contributed by atoms with Gasteiger partial charge in [0.15, 0.2) is 10.5 Å². The third-order valence-electron chi connectivity index (χ3n) is 8.61. The molecule has 3 heterocycles. The van der Waals surface area contributed by atoms with Gasteiger partial charge in [-0.3, -0.25) is 4.79 Å². The molecule has 3 atom stereocenters. The highest BCUT2D eigenvalue weighted by molar-refractivity contribution is 7.91. The molecule has 2 aromatic rings. The van der Waals surface area contributed by atoms with Crippen molar-refractivity contribution < 1.29 is 37.3 Å². The Bertz CT molecular complexity index is 1430. The molecule has 236 valence electrons. The number of pyridine rings is 1. The van der Waals surface area contributed by atoms with Crippen molar-refractivity contribution in [1.82, 2.24) is 9.29 Å². The van der Waals surface area contributed by atoms with E-state index in [-0.39, 0.29) is 37.5 Å². The van der Waals surface area contributed by atoms with Crippen LogP contribution in [-0.2, 0) is 29.0 Å². The molecule has 2 aliphatic heterocycles. The van der Waals surface area contributed by atoms with Crippen LogP contribution in [0.3, 0.4) is 0 Å². The number of fused-ring (bicyclic) bond motifs is 1. The number of nitrogens with zero attached hydrogens (tertiary/aromatic N) is 2. The second kappa shape index (κ2) is 11.7. The zero-order valence-electron chi connectivity index (χ0n) is 26.0. The standard InChI is InChI=1S/C32H44N2O8S/c1-21-18-23(10-11-24(21)25-8-7-9-28(33-25)39-16-17-40-30(2,3)4)22-12-14-34(15-13-22)43(37,38)32(29(35)36)19-26-27(20-32)42-31(5,6)41-26/h7-11,18,22,26-27H,12-17,19-20H2,1-6H3,(H,35,36)/t26-,27+,32+. The number of carbonyl (C=O) groups is 1. The number of aryl methyl sites for hydroxylation is 1. The molecule has 1 aliphatic carbocycles. The van der Waals surface area contributed by atoms with Gasteiger partial charge in [0.1, 0.15) is 6.61 Å². The van der Waals surface area contributed by atoms with E-state index in [0.29, 0.717) is 31.9 Å². The molecule has 3 fully saturated rings. The van der Waals surface area contributed by atoms with E-state index in [2.05, 4.69) is 23.2 Å². The summed E-state index contributed by atoms with van der Waals surface area (Å²) in [5, 5.41) is 10.2. The number of carboxylic acid groups (broad SMARTS) is 1. The van der Waals surface area contributed by atoms with Crippen molar-refractivity contribution in [3.63, 3.8) is 0 Å². The van der Waals surface area contributed by atoms with Gasteiger partial charge in [0.05, 0.1) is 30.1 Å². The molecule has 1 aromatic carbocycles. The van der Waals surface area contributed by atoms with Crippen molar-refractivity contribution >= 4 is 16.0 Å². The lowest BCUT2D eigenvalue weighted by Crippen LogP contribution is -2.54. The number of ether oxygens (including phenoxy) is 4. The maximum atomic E-state index is 13.8. The van der Waals surface area contributed by atoms with Crippen LogP contribution in [0, 0.1) is 6.92 Å². The molecule has 1 N–H and O–H groups in total. The first-order chi connectivity index (χ1) is 20.1. The van der Waals surface area contributed by atoms with Crippen molar-refractivity contribution in [2.45, 2.75) is 101 Å². The van der Waals surface area contributed by atoms with E-state index in [0.717, 1.165) is 22.4 Å². The molecule has 0 radical (unpaired) electrons. The monoisotopic (exact) mass is 616 g/mol. The summed E-state index contributed by atoms with van der Waals surface area (Å²) in [6.45, 7) is 13.0. The molecule has 43 heavy (non-hydrogen) atoms. The van der Waals surface area contributed by atoms with Crippen molar-refractivity contribution in [3.8, 4) is 17.1 Å². The fraction of sp³-hybridized carbons (Fsp3) is 0.625. The Morgan fingerprint density at radius 1 is 1.07 bits per heavy atom. The molecule has 10 nitrogen and oxygen atoms in total. The lowest BCUT2D eigenvalue weighted by molar-refractivity contribution is -0.159. The number of aromatic nitrogens is 1. The first-order valence-electron chi connectivity index (χ1n) is 15.0. The molecular formula is C32H44N2O8S. The van der Waals surface area contributed by atoms with Gasteiger partial charge in [-0.1, -0.05) is 24.3 Å². The topological polar surface area (TPSA) is 124 Å². The van der Waals surface area contributed by atoms with Gasteiger partial charge < -0.3 is 24.1 Å². The van der Waals surface area contributed by atoms with E-state index >= 15 is 0 Å². The third kappa shape index (κ3) is 6.61. The van der Waals surface area contributed by atoms with Crippen molar-refractivity contribution in [1.29, 1.82) is 0 Å². The summed E-state index contributed by atoms with van der Waals surface area (Å²) in [5.74, 6) is -1.47. The first-order valence-corrected chi connectivity index (χ1v) is 16.5. The second-order valence-corrected chi connectivity index (χ2v) is 15.6. The minimum absolute atomic E-state index is 0.107. The number of benzene rings is 1. The fourth-order valence-corrected chi connectivity index (χ4v) is 8.68. The average Bonchev–Trinajstić information content (AvgIpc) is 3.42. The highest BCUT2D eigenvalue weighted by atomic mass is 32.2. The Morgan fingerprint density at radius 2 is 1.72 bits per heavy atom. The molecule has 3 aliphatic rings. The van der Waals surface area contributed by atoms with Gasteiger partial charge in [0, 0.05) is 37.6 Å². The van der Waals surface area contributed by atoms with Crippen molar-refractivity contribution in [2.75, 3.05) is 26.3 Å². The third-order valence-corrected chi connectivity index (χ3v) is 11.2. The molecule has 2 saturated heterocycles. The van der Waals surface area contributed by atoms with Crippen LogP contribution in [-0.4, -0.2) is 83.4 Å². The van der Waals surface area contributed by atoms with Crippen LogP contribution in [0.4, 0.5) is 0 Å². The highest BCUT2D eigenvalue weighted by Crippen LogP contribution is 2.48. The van der Waals surface area contributed by atoms with E-state index in [1.54, 1.807) is 13.8 Å². The molecule has 0 amide bonds. The molecule has 11 heteroatoms. The average molecular weight is 617 g/mol. The van der Waals surface area contributed by atoms with Crippen LogP contribution in [0.15, 0.2) is 36.4 Å². The van der Waals surface area contributed by atoms with E-state index in [1.807, 2.05) is 45.9 Å². The lowest BCUT2D eigenvalue weighted by atomic mass is 9.88. The van der Waals surface area contributed by atoms with Crippen LogP contribution >= 0.6 is 0 Å². The molecule has 1 saturated carbocycles. The normalized spacial score (nSPS) is 26.4. The number of piperidine rings is 1. The van der Waals surface area contributed by atoms with Gasteiger partial charge in [-0.05, 0) is 77.5 Å². The number of hydrogen-bond donors (Lipinski definition) is 1. The Balaban J connectivity index is 1.22. The maximum Gasteiger partial charge on any atom is 0.326 e. The number of aliphatic carboxylic acids is 1. The largest absolute Gasteiger partial charge is 0.480 e. The minimum atomic E-state index is -4.13. The fourth-order valence-electron chi connectivity index (χ4n) is 6.53. The van der Waals surface area contributed by atoms with E-state index in [4.69, 9.17) is 18.9 Å². The van der Waals surface area contributed by atoms with Gasteiger partial charge in [0.25, 0.3) is 0 Å². The quantitative estimate of drug-likeness (QED) is 0.392. The Morgan fingerprint density at radius 3 is 2.30 bits per heavy atom. The van der Waals surface area contributed by atoms with Gasteiger partial charge in [-0.2, -0.15) is 0 Å². The molecule has 0 unspecified atom stereocenters. The zero-order valence-corrected chi connectivity index (χ0v) is 26.8. The number of rotatable bonds is 9. The summed E-state index contributed by atoms with van der Waals surface area (Å²) in [7, 11) is -4.13. The Kier molecular flexibility index (Phi) is 8.69. The highest BCUT2D eigenvalue weighted by Gasteiger charge is 2.65. The molecule has 1 aromatic heterocycles. The van der Waals surface area contributed by atoms with E-state index < -0.39 is 38.7 Å². The molecular weight excluding hydrogens is 572 g/mol. The number of carboxylic acids is 1. The number of sulfonamides is 1. The van der Waals surface area contributed by atoms with Gasteiger partial charge in [-0.25, -0.2) is 17.7 Å². The summed E-state index contributed by atoms with van der Waals surface area (Å²) in [4.78, 5) is 17.2. The van der Waals surface area contributed by atoms with Gasteiger partial charge in [-0.15, -0.1) is 0 Å². The molecule has 5 rings (SSSR count). The van der Waals surface area contributed by atoms with Gasteiger partial charge >= 0.3 is 5.97 Å². The summed E-state index contributed by atoms with van der Waals surface area (Å²) in [6.07, 6.45) is -0.0972. The predicted molar refractivity (Wildman–Crippen MR) is 162 cm³/mol. The molecule has 0 bridgehead atoms. The van der Waals surface area contributed by atoms with Gasteiger partial charge in [0.2, 0.25) is 15.9 Å². The smallest absolute Gasteiger partial charge is 0.326 e.